The summed E-state index contributed by atoms with van der Waals surface area (Å²) in [6.45, 7) is 7.18. The van der Waals surface area contributed by atoms with Crippen molar-refractivity contribution in [2.45, 2.75) is 38.8 Å². The normalized spacial score (nSPS) is 24.1. The average Bonchev–Trinajstić information content (AvgIpc) is 3.69. The van der Waals surface area contributed by atoms with Crippen LogP contribution in [-0.4, -0.2) is 84.1 Å². The van der Waals surface area contributed by atoms with Crippen molar-refractivity contribution in [3.05, 3.63) is 48.0 Å². The maximum atomic E-state index is 13.3. The first-order chi connectivity index (χ1) is 16.9. The first-order valence-corrected chi connectivity index (χ1v) is 12.2. The predicted octanol–water partition coefficient (Wildman–Crippen LogP) is 2.94. The Morgan fingerprint density at radius 1 is 1.23 bits per heavy atom. The van der Waals surface area contributed by atoms with Crippen LogP contribution in [0.3, 0.4) is 0 Å². The molecule has 2 heterocycles. The summed E-state index contributed by atoms with van der Waals surface area (Å²) in [4.78, 5) is 38.1. The highest BCUT2D eigenvalue weighted by atomic mass is 16.5. The van der Waals surface area contributed by atoms with Crippen LogP contribution in [0.2, 0.25) is 0 Å². The first-order valence-electron chi connectivity index (χ1n) is 12.2. The third kappa shape index (κ3) is 6.35. The van der Waals surface area contributed by atoms with E-state index in [0.29, 0.717) is 30.2 Å². The number of nitrogens with one attached hydrogen (secondary N) is 1. The van der Waals surface area contributed by atoms with Crippen LogP contribution >= 0.6 is 0 Å². The number of nitrogens with zero attached hydrogens (tertiary/aromatic N) is 4. The molecule has 1 aromatic heterocycles. The van der Waals surface area contributed by atoms with Crippen LogP contribution in [0.15, 0.2) is 36.8 Å². The Bertz CT molecular complexity index is 1030. The SMILES string of the molecule is CO[C@H]1CN(C)C(=O)c2ccc(NC(=O)c3cnccn3)cc2OC[C@@H](C)N(CC2CC2)C[C@H]1C. The van der Waals surface area contributed by atoms with Gasteiger partial charge < -0.3 is 19.7 Å². The molecule has 3 atom stereocenters. The number of rotatable bonds is 5. The molecular weight excluding hydrogens is 446 g/mol. The van der Waals surface area contributed by atoms with Crippen molar-refractivity contribution in [1.82, 2.24) is 19.8 Å². The molecule has 0 saturated heterocycles. The molecular formula is C26H35N5O4. The Balaban J connectivity index is 1.60. The fourth-order valence-corrected chi connectivity index (χ4v) is 4.42. The Hall–Kier alpha value is -3.04. The summed E-state index contributed by atoms with van der Waals surface area (Å²) < 4.78 is 12.1. The fraction of sp³-hybridized carbons (Fsp3) is 0.538. The Morgan fingerprint density at radius 3 is 2.71 bits per heavy atom. The minimum Gasteiger partial charge on any atom is -0.491 e. The van der Waals surface area contributed by atoms with Crippen molar-refractivity contribution in [2.75, 3.05) is 45.7 Å². The molecule has 9 heteroatoms. The third-order valence-corrected chi connectivity index (χ3v) is 6.82. The summed E-state index contributed by atoms with van der Waals surface area (Å²) in [5.74, 6) is 0.922. The monoisotopic (exact) mass is 481 g/mol. The molecule has 188 valence electrons. The van der Waals surface area contributed by atoms with E-state index < -0.39 is 0 Å². The molecule has 1 aromatic carbocycles. The van der Waals surface area contributed by atoms with Crippen molar-refractivity contribution < 1.29 is 19.1 Å². The number of aromatic nitrogens is 2. The van der Waals surface area contributed by atoms with E-state index in [1.165, 1.54) is 31.4 Å². The van der Waals surface area contributed by atoms with Gasteiger partial charge in [0.2, 0.25) is 0 Å². The minimum absolute atomic E-state index is 0.0767. The molecule has 1 fully saturated rings. The second kappa shape index (κ2) is 11.1. The van der Waals surface area contributed by atoms with Crippen LogP contribution in [0, 0.1) is 11.8 Å². The zero-order valence-corrected chi connectivity index (χ0v) is 20.9. The highest BCUT2D eigenvalue weighted by molar-refractivity contribution is 6.03. The number of ether oxygens (including phenoxy) is 2. The maximum Gasteiger partial charge on any atom is 0.275 e. The smallest absolute Gasteiger partial charge is 0.275 e. The van der Waals surface area contributed by atoms with Crippen LogP contribution in [0.4, 0.5) is 5.69 Å². The molecule has 2 aromatic rings. The molecule has 2 amide bonds. The van der Waals surface area contributed by atoms with E-state index in [2.05, 4.69) is 34.0 Å². The van der Waals surface area contributed by atoms with Crippen LogP contribution in [0.5, 0.6) is 5.75 Å². The summed E-state index contributed by atoms with van der Waals surface area (Å²) in [5.41, 5.74) is 1.18. The number of methoxy groups -OCH3 is 1. The van der Waals surface area contributed by atoms with E-state index in [-0.39, 0.29) is 35.6 Å². The van der Waals surface area contributed by atoms with Crippen molar-refractivity contribution in [3.8, 4) is 5.75 Å². The molecule has 1 aliphatic heterocycles. The lowest BCUT2D eigenvalue weighted by atomic mass is 10.0. The molecule has 9 nitrogen and oxygen atoms in total. The zero-order valence-electron chi connectivity index (χ0n) is 20.9. The molecule has 0 spiro atoms. The maximum absolute atomic E-state index is 13.3. The van der Waals surface area contributed by atoms with E-state index in [4.69, 9.17) is 9.47 Å². The molecule has 1 aliphatic carbocycles. The average molecular weight is 482 g/mol. The van der Waals surface area contributed by atoms with Crippen molar-refractivity contribution >= 4 is 17.5 Å². The number of amides is 2. The number of anilines is 1. The molecule has 0 unspecified atom stereocenters. The zero-order chi connectivity index (χ0) is 24.9. The largest absolute Gasteiger partial charge is 0.491 e. The van der Waals surface area contributed by atoms with Gasteiger partial charge in [0.15, 0.2) is 0 Å². The summed E-state index contributed by atoms with van der Waals surface area (Å²) in [6.07, 6.45) is 6.86. The number of hydrogen-bond acceptors (Lipinski definition) is 7. The van der Waals surface area contributed by atoms with Crippen LogP contribution in [0.25, 0.3) is 0 Å². The van der Waals surface area contributed by atoms with E-state index in [9.17, 15) is 9.59 Å². The number of hydrogen-bond donors (Lipinski definition) is 1. The molecule has 35 heavy (non-hydrogen) atoms. The highest BCUT2D eigenvalue weighted by Gasteiger charge is 2.31. The van der Waals surface area contributed by atoms with Crippen molar-refractivity contribution in [1.29, 1.82) is 0 Å². The van der Waals surface area contributed by atoms with Gasteiger partial charge in [-0.25, -0.2) is 4.98 Å². The number of carbonyl (C=O) groups is 2. The summed E-state index contributed by atoms with van der Waals surface area (Å²) in [5, 5.41) is 2.82. The summed E-state index contributed by atoms with van der Waals surface area (Å²) in [6, 6.07) is 5.26. The lowest BCUT2D eigenvalue weighted by Gasteiger charge is -2.36. The van der Waals surface area contributed by atoms with Gasteiger partial charge in [-0.15, -0.1) is 0 Å². The van der Waals surface area contributed by atoms with Gasteiger partial charge in [-0.1, -0.05) is 6.92 Å². The van der Waals surface area contributed by atoms with Gasteiger partial charge in [0.05, 0.1) is 17.9 Å². The van der Waals surface area contributed by atoms with E-state index >= 15 is 0 Å². The Morgan fingerprint density at radius 2 is 2.03 bits per heavy atom. The molecule has 4 rings (SSSR count). The van der Waals surface area contributed by atoms with Gasteiger partial charge >= 0.3 is 0 Å². The van der Waals surface area contributed by atoms with Crippen LogP contribution in [-0.2, 0) is 4.74 Å². The predicted molar refractivity (Wildman–Crippen MR) is 133 cm³/mol. The van der Waals surface area contributed by atoms with E-state index in [0.717, 1.165) is 19.0 Å². The van der Waals surface area contributed by atoms with Gasteiger partial charge in [-0.05, 0) is 43.7 Å². The van der Waals surface area contributed by atoms with Crippen LogP contribution in [0.1, 0.15) is 47.5 Å². The number of fused-ring (bicyclic) bond motifs is 1. The van der Waals surface area contributed by atoms with Gasteiger partial charge in [0.1, 0.15) is 18.1 Å². The van der Waals surface area contributed by atoms with E-state index in [1.54, 1.807) is 37.3 Å². The van der Waals surface area contributed by atoms with Gasteiger partial charge in [-0.3, -0.25) is 19.5 Å². The molecule has 0 bridgehead atoms. The summed E-state index contributed by atoms with van der Waals surface area (Å²) in [7, 11) is 3.49. The number of carbonyl (C=O) groups excluding carboxylic acids is 2. The standard InChI is InChI=1S/C26H35N5O4/c1-17-13-31(14-19-5-6-19)18(2)16-35-23-11-20(29-25(32)22-12-27-9-10-28-22)7-8-21(23)26(33)30(3)15-24(17)34-4/h7-12,17-19,24H,5-6,13-16H2,1-4H3,(H,29,32)/t17-,18-,24+/m1/s1. The van der Waals surface area contributed by atoms with Gasteiger partial charge in [0, 0.05) is 64.0 Å². The third-order valence-electron chi connectivity index (χ3n) is 6.82. The Labute approximate surface area is 206 Å². The van der Waals surface area contributed by atoms with Crippen molar-refractivity contribution in [2.24, 2.45) is 11.8 Å². The minimum atomic E-state index is -0.379. The topological polar surface area (TPSA) is 96.9 Å². The first kappa shape index (κ1) is 25.1. The van der Waals surface area contributed by atoms with E-state index in [1.807, 2.05) is 0 Å². The highest BCUT2D eigenvalue weighted by Crippen LogP contribution is 2.32. The van der Waals surface area contributed by atoms with Gasteiger partial charge in [-0.2, -0.15) is 0 Å². The lowest BCUT2D eigenvalue weighted by Crippen LogP contribution is -2.47. The second-order valence-electron chi connectivity index (χ2n) is 9.75. The molecule has 1 N–H and O–H groups in total. The fourth-order valence-electron chi connectivity index (χ4n) is 4.42. The second-order valence-corrected chi connectivity index (χ2v) is 9.75. The Kier molecular flexibility index (Phi) is 7.97. The lowest BCUT2D eigenvalue weighted by molar-refractivity contribution is 0.00994. The van der Waals surface area contributed by atoms with Gasteiger partial charge in [0.25, 0.3) is 11.8 Å². The number of likely N-dealkylation sites (N-methyl/N-ethyl adjacent to an activating group) is 1. The summed E-state index contributed by atoms with van der Waals surface area (Å²) >= 11 is 0. The molecule has 2 aliphatic rings. The van der Waals surface area contributed by atoms with Crippen LogP contribution < -0.4 is 10.1 Å². The molecule has 1 saturated carbocycles. The quantitative estimate of drug-likeness (QED) is 0.701. The van der Waals surface area contributed by atoms with Crippen molar-refractivity contribution in [3.63, 3.8) is 0 Å². The number of benzene rings is 1. The molecule has 0 radical (unpaired) electrons.